The molecule has 1 saturated heterocycles. The molecule has 5 rings (SSSR count). The number of carbonyl (C=O) groups excluding carboxylic acids is 2. The van der Waals surface area contributed by atoms with Crippen LogP contribution in [0.5, 0.6) is 0 Å². The molecule has 1 aromatic carbocycles. The van der Waals surface area contributed by atoms with Crippen molar-refractivity contribution in [3.8, 4) is 6.07 Å². The molecule has 0 aliphatic carbocycles. The number of nitrogens with zero attached hydrogens (tertiary/aromatic N) is 4. The fourth-order valence-electron chi connectivity index (χ4n) is 4.73. The number of nitriles is 1. The van der Waals surface area contributed by atoms with Gasteiger partial charge in [0.15, 0.2) is 0 Å². The van der Waals surface area contributed by atoms with Crippen molar-refractivity contribution < 1.29 is 9.59 Å². The Hall–Kier alpha value is -3.54. The molecule has 0 spiro atoms. The molecule has 0 atom stereocenters. The summed E-state index contributed by atoms with van der Waals surface area (Å²) in [4.78, 5) is 32.3. The van der Waals surface area contributed by atoms with Crippen LogP contribution in [0, 0.1) is 17.2 Å². The highest BCUT2D eigenvalue weighted by Crippen LogP contribution is 2.34. The van der Waals surface area contributed by atoms with Crippen molar-refractivity contribution in [2.24, 2.45) is 5.92 Å². The van der Waals surface area contributed by atoms with Crippen LogP contribution in [0.25, 0.3) is 17.8 Å². The minimum absolute atomic E-state index is 0. The van der Waals surface area contributed by atoms with Gasteiger partial charge in [0, 0.05) is 25.7 Å². The predicted molar refractivity (Wildman–Crippen MR) is 148 cm³/mol. The molecule has 2 amide bonds. The van der Waals surface area contributed by atoms with Crippen molar-refractivity contribution >= 4 is 53.8 Å². The number of thioether (sulfide) groups is 1. The predicted octanol–water partition coefficient (Wildman–Crippen LogP) is 4.92. The molecule has 37 heavy (non-hydrogen) atoms. The number of aromatic nitrogens is 2. The number of halogens is 1. The average molecular weight is 534 g/mol. The Morgan fingerprint density at radius 3 is 2.78 bits per heavy atom. The zero-order valence-electron chi connectivity index (χ0n) is 20.3. The van der Waals surface area contributed by atoms with E-state index in [1.54, 1.807) is 24.4 Å². The molecule has 190 valence electrons. The van der Waals surface area contributed by atoms with E-state index < -0.39 is 0 Å². The first kappa shape index (κ1) is 26.5. The first-order valence-electron chi connectivity index (χ1n) is 12.2. The normalized spacial score (nSPS) is 15.2. The van der Waals surface area contributed by atoms with Crippen LogP contribution >= 0.6 is 24.2 Å². The summed E-state index contributed by atoms with van der Waals surface area (Å²) in [7, 11) is 0. The van der Waals surface area contributed by atoms with E-state index in [1.165, 1.54) is 11.8 Å². The van der Waals surface area contributed by atoms with Crippen molar-refractivity contribution in [1.29, 1.82) is 5.26 Å². The zero-order valence-corrected chi connectivity index (χ0v) is 21.9. The lowest BCUT2D eigenvalue weighted by Gasteiger charge is -2.31. The molecule has 1 N–H and O–H groups in total. The molecule has 7 nitrogen and oxygen atoms in total. The fourth-order valence-corrected chi connectivity index (χ4v) is 5.74. The maximum absolute atomic E-state index is 12.7. The van der Waals surface area contributed by atoms with Gasteiger partial charge in [0.05, 0.1) is 33.5 Å². The van der Waals surface area contributed by atoms with Crippen LogP contribution in [0.15, 0.2) is 64.7 Å². The van der Waals surface area contributed by atoms with Gasteiger partial charge >= 0.3 is 0 Å². The molecule has 0 saturated carbocycles. The van der Waals surface area contributed by atoms with Gasteiger partial charge < -0.3 is 10.2 Å². The Kier molecular flexibility index (Phi) is 8.70. The third-order valence-corrected chi connectivity index (χ3v) is 7.78. The maximum Gasteiger partial charge on any atom is 0.258 e. The maximum atomic E-state index is 12.7. The number of benzene rings is 1. The van der Waals surface area contributed by atoms with E-state index in [0.29, 0.717) is 22.9 Å². The topological polar surface area (TPSA) is 90.5 Å². The molecule has 3 aromatic rings. The molecule has 0 radical (unpaired) electrons. The number of hydrogen-bond donors (Lipinski definition) is 1. The molecular weight excluding hydrogens is 506 g/mol. The Morgan fingerprint density at radius 1 is 1.16 bits per heavy atom. The van der Waals surface area contributed by atoms with Gasteiger partial charge in [-0.05, 0) is 67.5 Å². The van der Waals surface area contributed by atoms with Crippen LogP contribution in [0.2, 0.25) is 0 Å². The minimum Gasteiger partial charge on any atom is -0.352 e. The van der Waals surface area contributed by atoms with Crippen LogP contribution in [0.3, 0.4) is 0 Å². The lowest BCUT2D eigenvalue weighted by molar-refractivity contribution is -0.127. The van der Waals surface area contributed by atoms with E-state index in [9.17, 15) is 14.9 Å². The molecule has 2 aromatic heterocycles. The fraction of sp³-hybridized carbons (Fsp3) is 0.286. The molecule has 0 unspecified atom stereocenters. The highest BCUT2D eigenvalue weighted by atomic mass is 35.5. The van der Waals surface area contributed by atoms with Gasteiger partial charge in [-0.1, -0.05) is 36.0 Å². The van der Waals surface area contributed by atoms with Crippen LogP contribution in [0.1, 0.15) is 42.5 Å². The lowest BCUT2D eigenvalue weighted by Crippen LogP contribution is -2.37. The molecule has 9 heteroatoms. The van der Waals surface area contributed by atoms with Crippen LogP contribution < -0.4 is 5.32 Å². The number of hydrogen-bond acceptors (Lipinski definition) is 5. The highest BCUT2D eigenvalue weighted by molar-refractivity contribution is 8.04. The van der Waals surface area contributed by atoms with Gasteiger partial charge in [-0.15, -0.1) is 12.4 Å². The summed E-state index contributed by atoms with van der Waals surface area (Å²) >= 11 is 1.47. The summed E-state index contributed by atoms with van der Waals surface area (Å²) in [6.45, 7) is 2.12. The summed E-state index contributed by atoms with van der Waals surface area (Å²) in [6, 6.07) is 15.3. The summed E-state index contributed by atoms with van der Waals surface area (Å²) < 4.78 is 2.06. The monoisotopic (exact) mass is 533 g/mol. The molecule has 2 aliphatic heterocycles. The van der Waals surface area contributed by atoms with E-state index in [4.69, 9.17) is 0 Å². The number of amides is 2. The second-order valence-electron chi connectivity index (χ2n) is 9.05. The Balaban J connectivity index is 0.00000320. The van der Waals surface area contributed by atoms with Crippen molar-refractivity contribution in [3.63, 3.8) is 0 Å². The van der Waals surface area contributed by atoms with E-state index in [1.807, 2.05) is 47.4 Å². The number of pyridine rings is 1. The molecule has 2 aliphatic rings. The number of piperidine rings is 1. The van der Waals surface area contributed by atoms with Crippen LogP contribution in [-0.2, 0) is 9.59 Å². The van der Waals surface area contributed by atoms with Crippen LogP contribution in [-0.4, -0.2) is 45.7 Å². The summed E-state index contributed by atoms with van der Waals surface area (Å²) in [5, 5.41) is 13.3. The SMILES string of the molecule is Cl.N#Cc1ccccc1/C=C/C(=O)N1CCC(CCCNC(=O)C2=Cc3cnc4cccc(n34)S2)CC1. The number of carbonyl (C=O) groups is 2. The largest absolute Gasteiger partial charge is 0.352 e. The average Bonchev–Trinajstić information content (AvgIpc) is 3.34. The van der Waals surface area contributed by atoms with Crippen molar-refractivity contribution in [1.82, 2.24) is 19.6 Å². The van der Waals surface area contributed by atoms with Crippen molar-refractivity contribution in [3.05, 3.63) is 76.5 Å². The van der Waals surface area contributed by atoms with Crippen LogP contribution in [0.4, 0.5) is 0 Å². The van der Waals surface area contributed by atoms with Crippen molar-refractivity contribution in [2.45, 2.75) is 30.7 Å². The summed E-state index contributed by atoms with van der Waals surface area (Å²) in [5.41, 5.74) is 3.14. The van der Waals surface area contributed by atoms with Gasteiger partial charge in [0.25, 0.3) is 5.91 Å². The quantitative estimate of drug-likeness (QED) is 0.344. The standard InChI is InChI=1S/C28H27N5O2S.ClH/c29-18-22-7-2-1-6-21(22)10-11-26(34)32-15-12-20(13-16-32)5-4-14-30-28(35)24-17-23-19-31-25-8-3-9-27(36-24)33(23)25;/h1-3,6-11,17,19-20H,4-5,12-16H2,(H,30,35);1H/b11-10+;. The second kappa shape index (κ2) is 12.1. The summed E-state index contributed by atoms with van der Waals surface area (Å²) in [6.07, 6.45) is 10.9. The molecule has 0 bridgehead atoms. The number of rotatable bonds is 7. The van der Waals surface area contributed by atoms with E-state index >= 15 is 0 Å². The third-order valence-electron chi connectivity index (χ3n) is 6.73. The first-order chi connectivity index (χ1) is 17.6. The lowest BCUT2D eigenvalue weighted by atomic mass is 9.92. The van der Waals surface area contributed by atoms with Gasteiger partial charge in [-0.25, -0.2) is 4.98 Å². The van der Waals surface area contributed by atoms with E-state index in [2.05, 4.69) is 20.8 Å². The Bertz CT molecular complexity index is 1400. The molecular formula is C28H28ClN5O2S. The van der Waals surface area contributed by atoms with E-state index in [-0.39, 0.29) is 24.2 Å². The zero-order chi connectivity index (χ0) is 24.9. The minimum atomic E-state index is -0.0466. The summed E-state index contributed by atoms with van der Waals surface area (Å²) in [5.74, 6) is 0.503. The smallest absolute Gasteiger partial charge is 0.258 e. The molecule has 4 heterocycles. The number of imidazole rings is 1. The Labute approximate surface area is 226 Å². The van der Waals surface area contributed by atoms with Gasteiger partial charge in [0.2, 0.25) is 5.91 Å². The first-order valence-corrected chi connectivity index (χ1v) is 13.0. The highest BCUT2D eigenvalue weighted by Gasteiger charge is 2.22. The molecule has 1 fully saturated rings. The van der Waals surface area contributed by atoms with E-state index in [0.717, 1.165) is 60.7 Å². The number of nitrogens with one attached hydrogen (secondary N) is 1. The number of likely N-dealkylation sites (tertiary alicyclic amines) is 1. The Morgan fingerprint density at radius 2 is 1.97 bits per heavy atom. The van der Waals surface area contributed by atoms with Gasteiger partial charge in [0.1, 0.15) is 5.65 Å². The van der Waals surface area contributed by atoms with Gasteiger partial charge in [-0.2, -0.15) is 5.26 Å². The second-order valence-corrected chi connectivity index (χ2v) is 10.1. The van der Waals surface area contributed by atoms with Gasteiger partial charge in [-0.3, -0.25) is 14.0 Å². The third kappa shape index (κ3) is 6.07. The van der Waals surface area contributed by atoms with Crippen molar-refractivity contribution in [2.75, 3.05) is 19.6 Å².